The van der Waals surface area contributed by atoms with Crippen LogP contribution >= 0.6 is 0 Å². The molecule has 3 heteroatoms. The molecule has 6 rings (SSSR count). The molecule has 0 aromatic heterocycles. The summed E-state index contributed by atoms with van der Waals surface area (Å²) in [5.41, 5.74) is 9.10. The smallest absolute Gasteiger partial charge is 1.00 e. The third kappa shape index (κ3) is 4.76. The first-order chi connectivity index (χ1) is 16.6. The molecular formula is C33H31Cl2Zr. The molecule has 181 valence electrons. The van der Waals surface area contributed by atoms with Crippen LogP contribution < -0.4 is 28.1 Å². The van der Waals surface area contributed by atoms with Gasteiger partial charge in [-0.1, -0.05) is 0 Å². The van der Waals surface area contributed by atoms with Gasteiger partial charge in [-0.3, -0.25) is 0 Å². The van der Waals surface area contributed by atoms with E-state index in [1.165, 1.54) is 63.2 Å². The van der Waals surface area contributed by atoms with E-state index in [0.717, 1.165) is 6.42 Å². The second-order valence-electron chi connectivity index (χ2n) is 10.1. The maximum atomic E-state index is 2.54. The van der Waals surface area contributed by atoms with Gasteiger partial charge in [0.2, 0.25) is 0 Å². The quantitative estimate of drug-likeness (QED) is 0.295. The Bertz CT molecular complexity index is 1540. The predicted octanol–water partition coefficient (Wildman–Crippen LogP) is 2.26. The number of allylic oxidation sites excluding steroid dienone is 4. The third-order valence-corrected chi connectivity index (χ3v) is 10.6. The van der Waals surface area contributed by atoms with Crippen molar-refractivity contribution >= 4 is 28.0 Å². The van der Waals surface area contributed by atoms with Crippen LogP contribution in [0.1, 0.15) is 62.6 Å². The normalized spacial score (nSPS) is 15.1. The van der Waals surface area contributed by atoms with E-state index in [0.29, 0.717) is 5.92 Å². The fourth-order valence-corrected chi connectivity index (χ4v) is 9.01. The molecule has 0 saturated carbocycles. The van der Waals surface area contributed by atoms with Crippen LogP contribution in [0.3, 0.4) is 0 Å². The van der Waals surface area contributed by atoms with Gasteiger partial charge in [0.05, 0.1) is 0 Å². The van der Waals surface area contributed by atoms with Crippen molar-refractivity contribution in [2.75, 3.05) is 0 Å². The van der Waals surface area contributed by atoms with Crippen LogP contribution in [0.4, 0.5) is 0 Å². The zero-order valence-electron chi connectivity index (χ0n) is 21.2. The van der Waals surface area contributed by atoms with Crippen molar-refractivity contribution in [1.29, 1.82) is 0 Å². The van der Waals surface area contributed by atoms with Crippen LogP contribution in [0, 0.1) is 0 Å². The van der Waals surface area contributed by atoms with E-state index in [2.05, 4.69) is 99.7 Å². The molecule has 0 saturated heterocycles. The number of hydrogen-bond acceptors (Lipinski definition) is 0. The molecule has 0 fully saturated rings. The van der Waals surface area contributed by atoms with Crippen LogP contribution in [-0.2, 0) is 29.2 Å². The molecular weight excluding hydrogens is 558 g/mol. The largest absolute Gasteiger partial charge is 1.00 e. The Morgan fingerprint density at radius 1 is 0.861 bits per heavy atom. The molecule has 0 N–H and O–H groups in total. The first-order valence-electron chi connectivity index (χ1n) is 12.7. The molecule has 36 heavy (non-hydrogen) atoms. The van der Waals surface area contributed by atoms with E-state index < -0.39 is 22.8 Å². The zero-order chi connectivity index (χ0) is 23.2. The van der Waals surface area contributed by atoms with Crippen LogP contribution in [0.25, 0.3) is 32.7 Å². The number of benzene rings is 4. The minimum atomic E-state index is -0.857. The van der Waals surface area contributed by atoms with Gasteiger partial charge in [-0.15, -0.1) is 0 Å². The Kier molecular flexibility index (Phi) is 8.56. The molecule has 0 nitrogen and oxygen atoms in total. The Balaban J connectivity index is 0.00000152. The molecule has 0 radical (unpaired) electrons. The fraction of sp³-hybridized carbons (Fsp3) is 0.242. The van der Waals surface area contributed by atoms with Crippen LogP contribution in [0.2, 0.25) is 0 Å². The first kappa shape index (κ1) is 27.3. The van der Waals surface area contributed by atoms with E-state index in [-0.39, 0.29) is 24.8 Å². The van der Waals surface area contributed by atoms with Crippen LogP contribution in [-0.4, -0.2) is 3.21 Å². The summed E-state index contributed by atoms with van der Waals surface area (Å²) in [5.74, 6) is 0.427. The Labute approximate surface area is 238 Å². The number of rotatable bonds is 5. The SMILES string of the molecule is CCCCC1=CC(c2ccc3ccc4c(c3[c]2[Zr+2]=[C](C)C)-c2c(ccc3ccccc23)C4)C=C1.[Cl-].[Cl-]. The van der Waals surface area contributed by atoms with Gasteiger partial charge in [-0.25, -0.2) is 0 Å². The van der Waals surface area contributed by atoms with Crippen molar-refractivity contribution < 1.29 is 47.6 Å². The number of halogens is 2. The summed E-state index contributed by atoms with van der Waals surface area (Å²) < 4.78 is 3.34. The second kappa shape index (κ2) is 11.3. The van der Waals surface area contributed by atoms with Crippen LogP contribution in [0.15, 0.2) is 84.5 Å². The van der Waals surface area contributed by atoms with Gasteiger partial charge in [0.15, 0.2) is 0 Å². The average molecular weight is 590 g/mol. The molecule has 4 aromatic carbocycles. The topological polar surface area (TPSA) is 0 Å². The van der Waals surface area contributed by atoms with Crippen molar-refractivity contribution in [3.05, 3.63) is 101 Å². The van der Waals surface area contributed by atoms with E-state index >= 15 is 0 Å². The molecule has 0 spiro atoms. The Morgan fingerprint density at radius 2 is 1.58 bits per heavy atom. The van der Waals surface area contributed by atoms with E-state index in [9.17, 15) is 0 Å². The van der Waals surface area contributed by atoms with Crippen molar-refractivity contribution in [3.8, 4) is 11.1 Å². The standard InChI is InChI=1S/C30H25.C3H6.2ClH.Zr/c1-2-3-6-20-9-10-23(17-20)24-14-11-22-13-16-26-18-25-15-12-21-7-4-5-8-27(21)29(25)30(26)28(22)19-24;1-3-2;;;/h4-5,7-17,23H,2-3,6,18H2,1H3;1-2H3;2*1H;/q;;;;+2/p-2. The minimum absolute atomic E-state index is 0. The van der Waals surface area contributed by atoms with Gasteiger partial charge in [0, 0.05) is 0 Å². The summed E-state index contributed by atoms with van der Waals surface area (Å²) in [7, 11) is 0. The molecule has 2 aliphatic rings. The van der Waals surface area contributed by atoms with Gasteiger partial charge in [-0.2, -0.15) is 0 Å². The van der Waals surface area contributed by atoms with Gasteiger partial charge in [-0.05, 0) is 0 Å². The molecule has 4 aromatic rings. The number of hydrogen-bond donors (Lipinski definition) is 0. The van der Waals surface area contributed by atoms with Crippen LogP contribution in [0.5, 0.6) is 0 Å². The summed E-state index contributed by atoms with van der Waals surface area (Å²) in [6.45, 7) is 7.00. The van der Waals surface area contributed by atoms with E-state index in [4.69, 9.17) is 0 Å². The summed E-state index contributed by atoms with van der Waals surface area (Å²) in [6.07, 6.45) is 12.2. The Morgan fingerprint density at radius 3 is 2.36 bits per heavy atom. The van der Waals surface area contributed by atoms with Gasteiger partial charge < -0.3 is 24.8 Å². The monoisotopic (exact) mass is 587 g/mol. The first-order valence-corrected chi connectivity index (χ1v) is 15.2. The molecule has 0 aliphatic heterocycles. The predicted molar refractivity (Wildman–Crippen MR) is 145 cm³/mol. The van der Waals surface area contributed by atoms with Gasteiger partial charge in [0.1, 0.15) is 0 Å². The average Bonchev–Trinajstić information content (AvgIpc) is 3.47. The Hall–Kier alpha value is -1.79. The maximum absolute atomic E-state index is 2.54. The van der Waals surface area contributed by atoms with Crippen molar-refractivity contribution in [2.24, 2.45) is 0 Å². The molecule has 1 unspecified atom stereocenters. The molecule has 2 aliphatic carbocycles. The van der Waals surface area contributed by atoms with Crippen molar-refractivity contribution in [1.82, 2.24) is 0 Å². The number of unbranched alkanes of at least 4 members (excludes halogenated alkanes) is 1. The fourth-order valence-electron chi connectivity index (χ4n) is 5.85. The summed E-state index contributed by atoms with van der Waals surface area (Å²) in [6, 6.07) is 23.2. The summed E-state index contributed by atoms with van der Waals surface area (Å²) in [4.78, 5) is 0. The minimum Gasteiger partial charge on any atom is -1.00 e. The van der Waals surface area contributed by atoms with E-state index in [1.807, 2.05) is 0 Å². The zero-order valence-corrected chi connectivity index (χ0v) is 25.1. The van der Waals surface area contributed by atoms with Crippen molar-refractivity contribution in [2.45, 2.75) is 52.4 Å². The molecule has 0 amide bonds. The third-order valence-electron chi connectivity index (χ3n) is 7.42. The molecule has 0 bridgehead atoms. The van der Waals surface area contributed by atoms with Gasteiger partial charge >= 0.3 is 215 Å². The molecule has 0 heterocycles. The number of fused-ring (bicyclic) bond motifs is 7. The second-order valence-corrected chi connectivity index (χ2v) is 14.4. The van der Waals surface area contributed by atoms with Crippen molar-refractivity contribution in [3.63, 3.8) is 0 Å². The summed E-state index contributed by atoms with van der Waals surface area (Å²) in [5, 5.41) is 5.73. The van der Waals surface area contributed by atoms with E-state index in [1.54, 1.807) is 17.4 Å². The van der Waals surface area contributed by atoms with Gasteiger partial charge in [0.25, 0.3) is 0 Å². The maximum Gasteiger partial charge on any atom is -1.00 e. The summed E-state index contributed by atoms with van der Waals surface area (Å²) >= 11 is -0.857. The molecule has 1 atom stereocenters.